The molecule has 0 atom stereocenters. The van der Waals surface area contributed by atoms with E-state index in [4.69, 9.17) is 10.00 Å². The molecule has 0 unspecified atom stereocenters. The Hall–Kier alpha value is -3.26. The van der Waals surface area contributed by atoms with Gasteiger partial charge in [-0.3, -0.25) is 10.1 Å². The summed E-state index contributed by atoms with van der Waals surface area (Å²) in [5.41, 5.74) is 0.0444. The van der Waals surface area contributed by atoms with Crippen LogP contribution in [0.1, 0.15) is 28.1 Å². The minimum Gasteiger partial charge on any atom is -0.496 e. The molecule has 1 aromatic carbocycles. The zero-order valence-corrected chi connectivity index (χ0v) is 18.8. The van der Waals surface area contributed by atoms with E-state index >= 15 is 0 Å². The van der Waals surface area contributed by atoms with Crippen LogP contribution in [0.5, 0.6) is 5.75 Å². The van der Waals surface area contributed by atoms with E-state index < -0.39 is 12.7 Å². The van der Waals surface area contributed by atoms with E-state index in [9.17, 15) is 18.0 Å². The molecule has 1 fully saturated rings. The highest BCUT2D eigenvalue weighted by molar-refractivity contribution is 7.10. The second-order valence-electron chi connectivity index (χ2n) is 7.62. The van der Waals surface area contributed by atoms with E-state index in [-0.39, 0.29) is 17.3 Å². The van der Waals surface area contributed by atoms with Crippen molar-refractivity contribution in [1.29, 1.82) is 5.26 Å². The number of aliphatic imine (C=N–C) groups is 1. The van der Waals surface area contributed by atoms with Gasteiger partial charge in [-0.2, -0.15) is 18.4 Å². The molecule has 0 spiro atoms. The largest absolute Gasteiger partial charge is 0.496 e. The molecule has 0 aliphatic carbocycles. The van der Waals surface area contributed by atoms with Gasteiger partial charge in [0.1, 0.15) is 12.3 Å². The number of hydrogen-bond acceptors (Lipinski definition) is 5. The van der Waals surface area contributed by atoms with Crippen LogP contribution in [0.3, 0.4) is 0 Å². The number of benzene rings is 1. The number of carbonyl (C=O) groups excluding carboxylic acids is 1. The van der Waals surface area contributed by atoms with Gasteiger partial charge < -0.3 is 15.0 Å². The molecule has 1 aliphatic rings. The van der Waals surface area contributed by atoms with Gasteiger partial charge in [0.2, 0.25) is 5.96 Å². The lowest BCUT2D eigenvalue weighted by Gasteiger charge is -2.42. The zero-order chi connectivity index (χ0) is 23.9. The first-order valence-corrected chi connectivity index (χ1v) is 11.1. The number of ether oxygens (including phenoxy) is 1. The van der Waals surface area contributed by atoms with Gasteiger partial charge in [0.15, 0.2) is 6.19 Å². The maximum atomic E-state index is 12.8. The third-order valence-electron chi connectivity index (χ3n) is 5.58. The van der Waals surface area contributed by atoms with E-state index in [0.29, 0.717) is 43.8 Å². The maximum absolute atomic E-state index is 12.8. The van der Waals surface area contributed by atoms with Crippen LogP contribution in [0.2, 0.25) is 0 Å². The van der Waals surface area contributed by atoms with Gasteiger partial charge in [-0.15, -0.1) is 11.3 Å². The third kappa shape index (κ3) is 6.16. The molecule has 0 saturated carbocycles. The first kappa shape index (κ1) is 24.4. The van der Waals surface area contributed by atoms with Gasteiger partial charge in [-0.25, -0.2) is 4.99 Å². The number of nitriles is 1. The summed E-state index contributed by atoms with van der Waals surface area (Å²) in [6, 6.07) is 10.9. The topological polar surface area (TPSA) is 89.8 Å². The second-order valence-corrected chi connectivity index (χ2v) is 8.57. The SMILES string of the molecule is COc1ccccc1C(=O)NCC1(c2cccs2)CCN(C(=NCC(F)(F)F)NC#N)CC1. The average Bonchev–Trinajstić information content (AvgIpc) is 3.36. The van der Waals surface area contributed by atoms with Crippen LogP contribution >= 0.6 is 11.3 Å². The molecule has 176 valence electrons. The Labute approximate surface area is 193 Å². The second kappa shape index (κ2) is 10.6. The summed E-state index contributed by atoms with van der Waals surface area (Å²) in [5.74, 6) is 0.125. The van der Waals surface area contributed by atoms with Crippen molar-refractivity contribution in [2.45, 2.75) is 24.4 Å². The fraction of sp³-hybridized carbons (Fsp3) is 0.409. The Morgan fingerprint density at radius 3 is 2.61 bits per heavy atom. The zero-order valence-electron chi connectivity index (χ0n) is 18.0. The Morgan fingerprint density at radius 2 is 2.00 bits per heavy atom. The summed E-state index contributed by atoms with van der Waals surface area (Å²) in [7, 11) is 1.50. The Balaban J connectivity index is 1.74. The number of carbonyl (C=O) groups is 1. The molecule has 1 aliphatic heterocycles. The lowest BCUT2D eigenvalue weighted by Crippen LogP contribution is -2.52. The van der Waals surface area contributed by atoms with E-state index in [2.05, 4.69) is 15.6 Å². The maximum Gasteiger partial charge on any atom is 0.408 e. The van der Waals surface area contributed by atoms with Gasteiger partial charge in [0.05, 0.1) is 12.7 Å². The smallest absolute Gasteiger partial charge is 0.408 e. The summed E-state index contributed by atoms with van der Waals surface area (Å²) >= 11 is 1.58. The lowest BCUT2D eigenvalue weighted by molar-refractivity contribution is -0.118. The molecule has 11 heteroatoms. The van der Waals surface area contributed by atoms with E-state index in [0.717, 1.165) is 4.88 Å². The fourth-order valence-corrected chi connectivity index (χ4v) is 4.83. The number of nitrogens with one attached hydrogen (secondary N) is 2. The molecule has 2 aromatic rings. The number of rotatable bonds is 6. The molecule has 0 radical (unpaired) electrons. The highest BCUT2D eigenvalue weighted by atomic mass is 32.1. The normalized spacial score (nSPS) is 16.1. The Bertz CT molecular complexity index is 1010. The van der Waals surface area contributed by atoms with Crippen LogP contribution in [-0.4, -0.2) is 56.2 Å². The summed E-state index contributed by atoms with van der Waals surface area (Å²) in [6.45, 7) is -0.237. The minimum atomic E-state index is -4.46. The van der Waals surface area contributed by atoms with Gasteiger partial charge in [0, 0.05) is 29.9 Å². The van der Waals surface area contributed by atoms with Crippen molar-refractivity contribution in [3.8, 4) is 11.9 Å². The van der Waals surface area contributed by atoms with E-state index in [1.807, 2.05) is 17.5 Å². The first-order chi connectivity index (χ1) is 15.8. The van der Waals surface area contributed by atoms with Crippen molar-refractivity contribution in [1.82, 2.24) is 15.5 Å². The summed E-state index contributed by atoms with van der Waals surface area (Å²) in [4.78, 5) is 19.1. The average molecular weight is 480 g/mol. The standard InChI is InChI=1S/C22H24F3N5O2S/c1-32-17-6-3-2-5-16(17)19(31)27-13-21(18-7-4-12-33-18)8-10-30(11-9-21)20(29-15-26)28-14-22(23,24)25/h2-7,12H,8-11,13-14H2,1H3,(H,27,31)(H,28,29). The predicted molar refractivity (Wildman–Crippen MR) is 119 cm³/mol. The molecule has 3 rings (SSSR count). The van der Waals surface area contributed by atoms with Gasteiger partial charge in [0.25, 0.3) is 5.91 Å². The molecule has 33 heavy (non-hydrogen) atoms. The predicted octanol–water partition coefficient (Wildman–Crippen LogP) is 3.51. The summed E-state index contributed by atoms with van der Waals surface area (Å²) < 4.78 is 43.1. The number of methoxy groups -OCH3 is 1. The molecule has 2 heterocycles. The summed E-state index contributed by atoms with van der Waals surface area (Å²) in [5, 5.41) is 16.2. The highest BCUT2D eigenvalue weighted by Gasteiger charge is 2.39. The van der Waals surface area contributed by atoms with Gasteiger partial charge >= 0.3 is 6.18 Å². The van der Waals surface area contributed by atoms with Crippen molar-refractivity contribution < 1.29 is 22.7 Å². The number of para-hydroxylation sites is 1. The van der Waals surface area contributed by atoms with E-state index in [1.54, 1.807) is 46.7 Å². The van der Waals surface area contributed by atoms with Crippen molar-refractivity contribution in [3.05, 3.63) is 52.2 Å². The van der Waals surface area contributed by atoms with Crippen molar-refractivity contribution >= 4 is 23.2 Å². The molecule has 0 bridgehead atoms. The molecule has 1 saturated heterocycles. The Morgan fingerprint density at radius 1 is 1.27 bits per heavy atom. The van der Waals surface area contributed by atoms with E-state index in [1.165, 1.54) is 7.11 Å². The minimum absolute atomic E-state index is 0.0901. The highest BCUT2D eigenvalue weighted by Crippen LogP contribution is 2.38. The van der Waals surface area contributed by atoms with Gasteiger partial charge in [-0.05, 0) is 36.4 Å². The third-order valence-corrected chi connectivity index (χ3v) is 6.69. The van der Waals surface area contributed by atoms with Crippen LogP contribution in [0.25, 0.3) is 0 Å². The van der Waals surface area contributed by atoms with Crippen molar-refractivity contribution in [2.75, 3.05) is 33.3 Å². The number of halogens is 3. The quantitative estimate of drug-likeness (QED) is 0.287. The van der Waals surface area contributed by atoms with Crippen LogP contribution < -0.4 is 15.4 Å². The van der Waals surface area contributed by atoms with Crippen molar-refractivity contribution in [3.63, 3.8) is 0 Å². The Kier molecular flexibility index (Phi) is 7.81. The molecule has 1 aromatic heterocycles. The van der Waals surface area contributed by atoms with Crippen LogP contribution in [0.4, 0.5) is 13.2 Å². The first-order valence-electron chi connectivity index (χ1n) is 10.2. The summed E-state index contributed by atoms with van der Waals surface area (Å²) in [6.07, 6.45) is -1.66. The number of guanidine groups is 1. The molecular formula is C22H24F3N5O2S. The van der Waals surface area contributed by atoms with Gasteiger partial charge in [-0.1, -0.05) is 18.2 Å². The molecular weight excluding hydrogens is 455 g/mol. The number of nitrogens with zero attached hydrogens (tertiary/aromatic N) is 3. The number of likely N-dealkylation sites (tertiary alicyclic amines) is 1. The number of thiophene rings is 1. The number of hydrogen-bond donors (Lipinski definition) is 2. The van der Waals surface area contributed by atoms with Crippen molar-refractivity contribution in [2.24, 2.45) is 4.99 Å². The molecule has 7 nitrogen and oxygen atoms in total. The lowest BCUT2D eigenvalue weighted by atomic mass is 9.77. The number of piperidine rings is 1. The molecule has 1 amide bonds. The number of alkyl halides is 3. The monoisotopic (exact) mass is 479 g/mol. The fourth-order valence-electron chi connectivity index (χ4n) is 3.85. The van der Waals surface area contributed by atoms with Crippen LogP contribution in [-0.2, 0) is 5.41 Å². The van der Waals surface area contributed by atoms with Crippen LogP contribution in [0, 0.1) is 11.5 Å². The van der Waals surface area contributed by atoms with Crippen LogP contribution in [0.15, 0.2) is 46.8 Å². The molecule has 2 N–H and O–H groups in total. The number of amides is 1.